The number of hydrogen-bond donors (Lipinski definition) is 2. The Morgan fingerprint density at radius 1 is 1.03 bits per heavy atom. The molecule has 1 rings (SSSR count). The number of hydrogen-bond acceptors (Lipinski definition) is 4. The van der Waals surface area contributed by atoms with E-state index in [1.165, 1.54) is 0 Å². The van der Waals surface area contributed by atoms with Crippen molar-refractivity contribution in [3.63, 3.8) is 0 Å². The average molecular weight is 455 g/mol. The van der Waals surface area contributed by atoms with Gasteiger partial charge in [0.15, 0.2) is 0 Å². The summed E-state index contributed by atoms with van der Waals surface area (Å²) in [5, 5.41) is 8.36. The van der Waals surface area contributed by atoms with E-state index in [1.54, 1.807) is 14.0 Å². The molecule has 3 N–H and O–H groups in total. The fraction of sp³-hybridized carbons (Fsp3) is 0.920. The van der Waals surface area contributed by atoms with E-state index >= 15 is 0 Å². The summed E-state index contributed by atoms with van der Waals surface area (Å²) in [5.74, 6) is 0.178. The van der Waals surface area contributed by atoms with Gasteiger partial charge in [-0.1, -0.05) is 64.3 Å². The summed E-state index contributed by atoms with van der Waals surface area (Å²) in [7, 11) is 1.71. The number of aliphatic hydroxyl groups excluding tert-OH is 1. The molecule has 0 aromatic heterocycles. The minimum absolute atomic E-state index is 0. The second-order valence-corrected chi connectivity index (χ2v) is 6.91. The van der Waals surface area contributed by atoms with Crippen LogP contribution in [0.15, 0.2) is 0 Å². The number of amides is 2. The Kier molecular flexibility index (Phi) is 51.4. The van der Waals surface area contributed by atoms with Gasteiger partial charge >= 0.3 is 0 Å². The van der Waals surface area contributed by atoms with Crippen molar-refractivity contribution in [2.45, 2.75) is 129 Å². The lowest BCUT2D eigenvalue weighted by Gasteiger charge is -2.22. The third kappa shape index (κ3) is 33.7. The smallest absolute Gasteiger partial charge is 0.222 e. The largest absolute Gasteiger partial charge is 0.393 e. The van der Waals surface area contributed by atoms with Gasteiger partial charge in [-0.05, 0) is 46.0 Å². The molecule has 2 amide bonds. The number of nitrogens with zero attached hydrogens (tertiary/aromatic N) is 1. The maximum absolute atomic E-state index is 11.1. The Balaban J connectivity index is -0.0000000496. The predicted molar refractivity (Wildman–Crippen MR) is 140 cm³/mol. The highest BCUT2D eigenvalue weighted by Gasteiger charge is 2.23. The number of methoxy groups -OCH3 is 1. The van der Waals surface area contributed by atoms with E-state index in [0.717, 1.165) is 51.7 Å². The van der Waals surface area contributed by atoms with Gasteiger partial charge in [0.2, 0.25) is 11.8 Å². The van der Waals surface area contributed by atoms with Crippen LogP contribution < -0.4 is 5.73 Å². The van der Waals surface area contributed by atoms with Gasteiger partial charge in [-0.15, -0.1) is 0 Å². The van der Waals surface area contributed by atoms with E-state index in [9.17, 15) is 9.59 Å². The van der Waals surface area contributed by atoms with Gasteiger partial charge in [0.1, 0.15) is 0 Å². The topological polar surface area (TPSA) is 92.9 Å². The quantitative estimate of drug-likeness (QED) is 0.472. The zero-order valence-corrected chi connectivity index (χ0v) is 19.1. The number of aliphatic hydroxyl groups is 1. The molecule has 6 nitrogen and oxygen atoms in total. The summed E-state index contributed by atoms with van der Waals surface area (Å²) in [6.07, 6.45) is 5.61. The van der Waals surface area contributed by atoms with Crippen LogP contribution in [-0.4, -0.2) is 54.2 Å². The molecule has 1 saturated heterocycles. The molecule has 0 aromatic rings. The number of carbonyl (C=O) groups is 2. The van der Waals surface area contributed by atoms with Crippen LogP contribution >= 0.6 is 0 Å². The van der Waals surface area contributed by atoms with Gasteiger partial charge in [-0.25, -0.2) is 0 Å². The van der Waals surface area contributed by atoms with Gasteiger partial charge in [0.25, 0.3) is 0 Å². The van der Waals surface area contributed by atoms with Gasteiger partial charge in [0.05, 0.1) is 6.10 Å². The summed E-state index contributed by atoms with van der Waals surface area (Å²) < 4.78 is 4.69. The van der Waals surface area contributed by atoms with Crippen LogP contribution in [-0.2, 0) is 14.3 Å². The molecule has 1 fully saturated rings. The molecule has 1 aliphatic heterocycles. The maximum Gasteiger partial charge on any atom is 0.222 e. The van der Waals surface area contributed by atoms with E-state index < -0.39 is 0 Å². The van der Waals surface area contributed by atoms with E-state index in [2.05, 4.69) is 20.8 Å². The second-order valence-electron chi connectivity index (χ2n) is 6.91. The van der Waals surface area contributed by atoms with Gasteiger partial charge < -0.3 is 20.5 Å². The molecule has 0 radical (unpaired) electrons. The molecule has 1 aliphatic rings. The minimum Gasteiger partial charge on any atom is -0.393 e. The van der Waals surface area contributed by atoms with Crippen LogP contribution in [0.1, 0.15) is 117 Å². The lowest BCUT2D eigenvalue weighted by molar-refractivity contribution is -0.129. The molecule has 6 heteroatoms. The molecule has 3 unspecified atom stereocenters. The molecule has 0 bridgehead atoms. The summed E-state index contributed by atoms with van der Waals surface area (Å²) >= 11 is 0. The first kappa shape index (κ1) is 47.6. The van der Waals surface area contributed by atoms with Crippen LogP contribution in [0.3, 0.4) is 0 Å². The Morgan fingerprint density at radius 2 is 1.48 bits per heavy atom. The molecular weight excluding hydrogens is 392 g/mol. The fourth-order valence-electron chi connectivity index (χ4n) is 1.76. The summed E-state index contributed by atoms with van der Waals surface area (Å²) in [4.78, 5) is 23.2. The van der Waals surface area contributed by atoms with Crippen molar-refractivity contribution >= 4 is 11.8 Å². The lowest BCUT2D eigenvalue weighted by atomic mass is 10.1. The highest BCUT2D eigenvalue weighted by Crippen LogP contribution is 2.14. The Morgan fingerprint density at radius 3 is 1.61 bits per heavy atom. The molecule has 0 aliphatic carbocycles. The second kappa shape index (κ2) is 33.5. The van der Waals surface area contributed by atoms with E-state index in [4.69, 9.17) is 15.6 Å². The van der Waals surface area contributed by atoms with Gasteiger partial charge in [-0.2, -0.15) is 0 Å². The van der Waals surface area contributed by atoms with Crippen molar-refractivity contribution in [3.8, 4) is 0 Å². The highest BCUT2D eigenvalue weighted by atomic mass is 16.5. The normalized spacial score (nSPS) is 13.8. The molecule has 196 valence electrons. The van der Waals surface area contributed by atoms with Crippen molar-refractivity contribution in [2.75, 3.05) is 20.3 Å². The van der Waals surface area contributed by atoms with Crippen molar-refractivity contribution in [3.05, 3.63) is 0 Å². The Labute approximate surface area is 197 Å². The average Bonchev–Trinajstić information content (AvgIpc) is 3.08. The summed E-state index contributed by atoms with van der Waals surface area (Å²) in [6.45, 7) is 15.7. The third-order valence-electron chi connectivity index (χ3n) is 4.33. The van der Waals surface area contributed by atoms with Crippen LogP contribution in [0, 0.1) is 5.92 Å². The van der Waals surface area contributed by atoms with Gasteiger partial charge in [0, 0.05) is 38.6 Å². The van der Waals surface area contributed by atoms with Crippen LogP contribution in [0.2, 0.25) is 0 Å². The van der Waals surface area contributed by atoms with Crippen LogP contribution in [0.5, 0.6) is 0 Å². The van der Waals surface area contributed by atoms with Crippen LogP contribution in [0.4, 0.5) is 0 Å². The first-order chi connectivity index (χ1) is 12.6. The molecule has 1 heterocycles. The number of nitrogens with two attached hydrogens (primary N) is 1. The van der Waals surface area contributed by atoms with E-state index in [-0.39, 0.29) is 47.6 Å². The van der Waals surface area contributed by atoms with Crippen molar-refractivity contribution in [1.29, 1.82) is 0 Å². The predicted octanol–water partition coefficient (Wildman–Crippen LogP) is 6.29. The first-order valence-electron chi connectivity index (χ1n) is 10.4. The van der Waals surface area contributed by atoms with Crippen molar-refractivity contribution in [1.82, 2.24) is 4.90 Å². The summed E-state index contributed by atoms with van der Waals surface area (Å²) in [6, 6.07) is 0.454. The van der Waals surface area contributed by atoms with Crippen molar-refractivity contribution < 1.29 is 19.4 Å². The first-order valence-corrected chi connectivity index (χ1v) is 10.4. The molecule has 0 saturated carbocycles. The third-order valence-corrected chi connectivity index (χ3v) is 4.33. The monoisotopic (exact) mass is 454 g/mol. The Bertz CT molecular complexity index is 348. The minimum atomic E-state index is -0.206. The molecule has 0 spiro atoms. The molecule has 31 heavy (non-hydrogen) atoms. The van der Waals surface area contributed by atoms with Crippen molar-refractivity contribution in [2.24, 2.45) is 11.7 Å². The number of rotatable bonds is 7. The molecular formula is C25H62N2O4. The number of ether oxygens (including phenoxy) is 1. The van der Waals surface area contributed by atoms with E-state index in [0.29, 0.717) is 11.9 Å². The Hall–Kier alpha value is -1.14. The standard InChI is InChI=1S/C8H15NO.C5H11NO.2C4H10O.4CH4/c1-3-7(2)9-6-4-5-8(9)10;1-3-4(2)5(6)7;1-3-4-5-2;1-3-4(2)5;;;;/h7H,3-6H2,1-2H3;4H,3H2,1-2H3,(H2,6,7);3-4H2,1-2H3;4-5H,3H2,1-2H3;4*1H4. The number of carbonyl (C=O) groups excluding carboxylic acids is 2. The molecule has 0 aromatic carbocycles. The lowest BCUT2D eigenvalue weighted by Crippen LogP contribution is -2.33. The van der Waals surface area contributed by atoms with Crippen LogP contribution in [0.25, 0.3) is 0 Å². The zero-order chi connectivity index (χ0) is 21.8. The number of likely N-dealkylation sites (tertiary alicyclic amines) is 1. The fourth-order valence-corrected chi connectivity index (χ4v) is 1.76. The maximum atomic E-state index is 11.1. The zero-order valence-electron chi connectivity index (χ0n) is 19.1. The number of primary amides is 1. The SMILES string of the molecule is C.C.C.C.CCC(C)C(N)=O.CCC(C)N1CCCC1=O.CCC(C)O.CCCOC. The summed E-state index contributed by atoms with van der Waals surface area (Å²) in [5.41, 5.74) is 4.91. The van der Waals surface area contributed by atoms with E-state index in [1.807, 2.05) is 25.7 Å². The van der Waals surface area contributed by atoms with Gasteiger partial charge in [-0.3, -0.25) is 9.59 Å². The highest BCUT2D eigenvalue weighted by molar-refractivity contribution is 5.78. The molecule has 3 atom stereocenters.